The first kappa shape index (κ1) is 24.0. The summed E-state index contributed by atoms with van der Waals surface area (Å²) in [5.41, 5.74) is 1.43. The predicted molar refractivity (Wildman–Crippen MR) is 137 cm³/mol. The van der Waals surface area contributed by atoms with Gasteiger partial charge < -0.3 is 15.4 Å². The zero-order valence-electron chi connectivity index (χ0n) is 19.8. The van der Waals surface area contributed by atoms with Crippen molar-refractivity contribution in [2.45, 2.75) is 30.4 Å². The van der Waals surface area contributed by atoms with Crippen LogP contribution in [0.2, 0.25) is 0 Å². The molecule has 2 amide bonds. The zero-order valence-corrected chi connectivity index (χ0v) is 20.6. The average Bonchev–Trinajstić information content (AvgIpc) is 3.27. The van der Waals surface area contributed by atoms with Gasteiger partial charge >= 0.3 is 6.09 Å². The summed E-state index contributed by atoms with van der Waals surface area (Å²) in [5.74, 6) is -0.184. The molecule has 0 bridgehead atoms. The molecule has 1 fully saturated rings. The first-order valence-corrected chi connectivity index (χ1v) is 13.3. The van der Waals surface area contributed by atoms with Gasteiger partial charge in [-0.15, -0.1) is 0 Å². The first-order chi connectivity index (χ1) is 17.3. The van der Waals surface area contributed by atoms with Crippen molar-refractivity contribution in [2.75, 3.05) is 24.5 Å². The zero-order chi connectivity index (χ0) is 25.3. The van der Waals surface area contributed by atoms with Crippen LogP contribution in [0.4, 0.5) is 10.5 Å². The molecule has 1 saturated heterocycles. The summed E-state index contributed by atoms with van der Waals surface area (Å²) in [7, 11) is -3.73. The Morgan fingerprint density at radius 1 is 1.08 bits per heavy atom. The Morgan fingerprint density at radius 3 is 2.58 bits per heavy atom. The fraction of sp³-hybridized carbons (Fsp3) is 0.259. The third-order valence-electron chi connectivity index (χ3n) is 6.46. The van der Waals surface area contributed by atoms with Crippen molar-refractivity contribution in [1.29, 1.82) is 0 Å². The van der Waals surface area contributed by atoms with E-state index < -0.39 is 28.1 Å². The van der Waals surface area contributed by atoms with Crippen LogP contribution in [-0.2, 0) is 19.4 Å². The number of rotatable bonds is 6. The van der Waals surface area contributed by atoms with Gasteiger partial charge in [0, 0.05) is 12.6 Å². The highest BCUT2D eigenvalue weighted by Crippen LogP contribution is 2.35. The van der Waals surface area contributed by atoms with E-state index in [2.05, 4.69) is 10.6 Å². The second kappa shape index (κ2) is 9.75. The summed E-state index contributed by atoms with van der Waals surface area (Å²) in [4.78, 5) is 25.6. The van der Waals surface area contributed by atoms with Crippen LogP contribution < -0.4 is 15.5 Å². The Hall–Kier alpha value is -3.69. The molecule has 8 nitrogen and oxygen atoms in total. The van der Waals surface area contributed by atoms with Crippen molar-refractivity contribution in [3.05, 3.63) is 83.3 Å². The van der Waals surface area contributed by atoms with E-state index in [-0.39, 0.29) is 17.3 Å². The van der Waals surface area contributed by atoms with Gasteiger partial charge in [0.05, 0.1) is 28.9 Å². The van der Waals surface area contributed by atoms with Crippen LogP contribution in [-0.4, -0.2) is 46.2 Å². The first-order valence-electron chi connectivity index (χ1n) is 11.8. The second-order valence-electron chi connectivity index (χ2n) is 8.94. The molecule has 3 aromatic rings. The van der Waals surface area contributed by atoms with Crippen molar-refractivity contribution in [1.82, 2.24) is 10.6 Å². The molecule has 2 aliphatic heterocycles. The van der Waals surface area contributed by atoms with Gasteiger partial charge in [-0.25, -0.2) is 13.2 Å². The number of nitrogens with zero attached hydrogens (tertiary/aromatic N) is 1. The molecule has 0 spiro atoms. The Morgan fingerprint density at radius 2 is 1.83 bits per heavy atom. The van der Waals surface area contributed by atoms with E-state index in [9.17, 15) is 18.0 Å². The molecule has 2 heterocycles. The molecule has 9 heteroatoms. The lowest BCUT2D eigenvalue weighted by molar-refractivity contribution is -0.119. The van der Waals surface area contributed by atoms with Crippen LogP contribution in [0, 0.1) is 0 Å². The van der Waals surface area contributed by atoms with Crippen LogP contribution in [0.5, 0.6) is 0 Å². The van der Waals surface area contributed by atoms with Gasteiger partial charge in [0.1, 0.15) is 6.10 Å². The largest absolute Gasteiger partial charge is 0.442 e. The number of hydrogen-bond donors (Lipinski definition) is 2. The minimum atomic E-state index is -3.73. The topological polar surface area (TPSA) is 105 Å². The van der Waals surface area contributed by atoms with Gasteiger partial charge in [-0.1, -0.05) is 48.5 Å². The molecule has 2 atom stereocenters. The summed E-state index contributed by atoms with van der Waals surface area (Å²) >= 11 is 0. The standard InChI is InChI=1S/C27H27N3O5S/c1-18(31)29-16-23-17-30(27(32)35-23)22-11-8-20(9-12-22)26-25(7-4-14-28-26)36(33,34)24-13-10-19-5-2-3-6-21(19)15-24/h2-3,5-13,15,23,26,28H,4,14,16-17H2,1H3,(H,29,31)/t23-,26?/m0/s1. The molecule has 0 aromatic heterocycles. The molecule has 3 aromatic carbocycles. The van der Waals surface area contributed by atoms with Gasteiger partial charge in [-0.2, -0.15) is 0 Å². The molecular formula is C27H27N3O5S. The smallest absolute Gasteiger partial charge is 0.414 e. The third kappa shape index (κ3) is 4.72. The van der Waals surface area contributed by atoms with Crippen molar-refractivity contribution in [3.63, 3.8) is 0 Å². The lowest BCUT2D eigenvalue weighted by Gasteiger charge is -2.26. The van der Waals surface area contributed by atoms with E-state index in [1.54, 1.807) is 30.3 Å². The molecule has 0 radical (unpaired) electrons. The van der Waals surface area contributed by atoms with Crippen LogP contribution in [0.3, 0.4) is 0 Å². The number of benzene rings is 3. The number of carbonyl (C=O) groups excluding carboxylic acids is 2. The summed E-state index contributed by atoms with van der Waals surface area (Å²) in [6, 6.07) is 19.6. The lowest BCUT2D eigenvalue weighted by atomic mass is 10.0. The number of anilines is 1. The van der Waals surface area contributed by atoms with E-state index in [0.29, 0.717) is 30.1 Å². The molecule has 0 aliphatic carbocycles. The van der Waals surface area contributed by atoms with Crippen LogP contribution >= 0.6 is 0 Å². The maximum Gasteiger partial charge on any atom is 0.414 e. The Bertz CT molecular complexity index is 1450. The van der Waals surface area contributed by atoms with E-state index in [4.69, 9.17) is 4.74 Å². The SMILES string of the molecule is CC(=O)NC[C@H]1CN(c2ccc(C3NCCC=C3S(=O)(=O)c3ccc4ccccc4c3)cc2)C(=O)O1. The highest BCUT2D eigenvalue weighted by molar-refractivity contribution is 7.95. The predicted octanol–water partition coefficient (Wildman–Crippen LogP) is 3.69. The van der Waals surface area contributed by atoms with Gasteiger partial charge in [0.15, 0.2) is 0 Å². The second-order valence-corrected chi connectivity index (χ2v) is 10.9. The van der Waals surface area contributed by atoms with Crippen LogP contribution in [0.25, 0.3) is 10.8 Å². The summed E-state index contributed by atoms with van der Waals surface area (Å²) in [6.45, 7) is 2.64. The summed E-state index contributed by atoms with van der Waals surface area (Å²) in [6.07, 6.45) is 1.51. The monoisotopic (exact) mass is 505 g/mol. The Balaban J connectivity index is 1.38. The minimum Gasteiger partial charge on any atom is -0.442 e. The van der Waals surface area contributed by atoms with E-state index >= 15 is 0 Å². The van der Waals surface area contributed by atoms with E-state index in [1.807, 2.05) is 42.5 Å². The van der Waals surface area contributed by atoms with Crippen molar-refractivity contribution >= 4 is 38.3 Å². The number of cyclic esters (lactones) is 1. The number of nitrogens with one attached hydrogen (secondary N) is 2. The molecule has 2 aliphatic rings. The Labute approximate surface area is 209 Å². The number of fused-ring (bicyclic) bond motifs is 1. The van der Waals surface area contributed by atoms with Gasteiger partial charge in [0.25, 0.3) is 0 Å². The summed E-state index contributed by atoms with van der Waals surface area (Å²) < 4.78 is 32.7. The van der Waals surface area contributed by atoms with Crippen molar-refractivity contribution in [2.24, 2.45) is 0 Å². The normalized spacial score (nSPS) is 20.2. The average molecular weight is 506 g/mol. The molecule has 1 unspecified atom stereocenters. The maximum atomic E-state index is 13.7. The van der Waals surface area contributed by atoms with Gasteiger partial charge in [0.2, 0.25) is 15.7 Å². The Kier molecular flexibility index (Phi) is 6.51. The third-order valence-corrected chi connectivity index (χ3v) is 8.35. The lowest BCUT2D eigenvalue weighted by Crippen LogP contribution is -2.33. The van der Waals surface area contributed by atoms with E-state index in [1.165, 1.54) is 11.8 Å². The van der Waals surface area contributed by atoms with Crippen LogP contribution in [0.1, 0.15) is 24.9 Å². The van der Waals surface area contributed by atoms with Gasteiger partial charge in [-0.05, 0) is 53.6 Å². The fourth-order valence-corrected chi connectivity index (χ4v) is 6.29. The maximum absolute atomic E-state index is 13.7. The summed E-state index contributed by atoms with van der Waals surface area (Å²) in [5, 5.41) is 7.86. The molecule has 36 heavy (non-hydrogen) atoms. The molecule has 0 saturated carbocycles. The number of sulfone groups is 1. The molecular weight excluding hydrogens is 478 g/mol. The number of carbonyl (C=O) groups is 2. The van der Waals surface area contributed by atoms with Crippen molar-refractivity contribution in [3.8, 4) is 0 Å². The minimum absolute atomic E-state index is 0.184. The molecule has 186 valence electrons. The highest BCUT2D eigenvalue weighted by Gasteiger charge is 2.34. The fourth-order valence-electron chi connectivity index (χ4n) is 4.62. The molecule has 5 rings (SSSR count). The quantitative estimate of drug-likeness (QED) is 0.530. The molecule has 2 N–H and O–H groups in total. The number of amides is 2. The van der Waals surface area contributed by atoms with E-state index in [0.717, 1.165) is 16.3 Å². The van der Waals surface area contributed by atoms with Crippen LogP contribution in [0.15, 0.2) is 82.6 Å². The van der Waals surface area contributed by atoms with Crippen molar-refractivity contribution < 1.29 is 22.7 Å². The number of hydrogen-bond acceptors (Lipinski definition) is 6. The van der Waals surface area contributed by atoms with Gasteiger partial charge in [-0.3, -0.25) is 9.69 Å². The number of ether oxygens (including phenoxy) is 1. The highest BCUT2D eigenvalue weighted by atomic mass is 32.2.